The van der Waals surface area contributed by atoms with Gasteiger partial charge in [0.25, 0.3) is 5.91 Å². The Hall–Kier alpha value is -4.07. The van der Waals surface area contributed by atoms with E-state index in [0.717, 1.165) is 31.4 Å². The van der Waals surface area contributed by atoms with Gasteiger partial charge in [0.05, 0.1) is 6.26 Å². The van der Waals surface area contributed by atoms with E-state index in [1.54, 1.807) is 36.4 Å². The van der Waals surface area contributed by atoms with Gasteiger partial charge in [-0.05, 0) is 66.9 Å². The van der Waals surface area contributed by atoms with Crippen molar-refractivity contribution < 1.29 is 18.8 Å². The van der Waals surface area contributed by atoms with Crippen molar-refractivity contribution in [3.8, 4) is 0 Å². The van der Waals surface area contributed by atoms with Crippen LogP contribution in [0.1, 0.15) is 54.8 Å². The van der Waals surface area contributed by atoms with E-state index in [2.05, 4.69) is 10.6 Å². The van der Waals surface area contributed by atoms with Gasteiger partial charge in [-0.1, -0.05) is 25.0 Å². The zero-order valence-electron chi connectivity index (χ0n) is 20.9. The lowest BCUT2D eigenvalue weighted by atomic mass is 10.0. The summed E-state index contributed by atoms with van der Waals surface area (Å²) in [6.45, 7) is 1.43. The van der Waals surface area contributed by atoms with Gasteiger partial charge < -0.3 is 20.0 Å². The molecule has 1 saturated carbocycles. The fourth-order valence-electron chi connectivity index (χ4n) is 4.53. The molecule has 0 aliphatic heterocycles. The molecule has 0 saturated heterocycles. The number of nitrogens with zero attached hydrogens (tertiary/aromatic N) is 2. The summed E-state index contributed by atoms with van der Waals surface area (Å²) >= 11 is 0. The molecule has 1 aliphatic rings. The Morgan fingerprint density at radius 1 is 0.917 bits per heavy atom. The van der Waals surface area contributed by atoms with Crippen LogP contribution in [-0.4, -0.2) is 37.9 Å². The molecule has 0 radical (unpaired) electrons. The lowest BCUT2D eigenvalue weighted by Gasteiger charge is -2.32. The molecule has 1 heterocycles. The third-order valence-corrected chi connectivity index (χ3v) is 6.35. The van der Waals surface area contributed by atoms with Gasteiger partial charge in [0.15, 0.2) is 5.76 Å². The fourth-order valence-corrected chi connectivity index (χ4v) is 4.53. The number of anilines is 3. The van der Waals surface area contributed by atoms with Crippen LogP contribution in [0.5, 0.6) is 0 Å². The summed E-state index contributed by atoms with van der Waals surface area (Å²) in [5, 5.41) is 5.90. The van der Waals surface area contributed by atoms with Crippen molar-refractivity contribution in [3.63, 3.8) is 0 Å². The van der Waals surface area contributed by atoms with E-state index in [1.165, 1.54) is 18.1 Å². The Balaban J connectivity index is 1.78. The second-order valence-electron chi connectivity index (χ2n) is 9.26. The lowest BCUT2D eigenvalue weighted by Crippen LogP contribution is -2.46. The SMILES string of the molecule is CC(=O)Nc1ccc(N(C(=O)c2ccco2)[C@@H](C(=O)NC2CCCC2)c2ccc(N(C)C)cc2)cc1. The predicted molar refractivity (Wildman–Crippen MR) is 140 cm³/mol. The van der Waals surface area contributed by atoms with Crippen molar-refractivity contribution in [1.29, 1.82) is 0 Å². The zero-order valence-corrected chi connectivity index (χ0v) is 20.9. The van der Waals surface area contributed by atoms with Crippen LogP contribution in [-0.2, 0) is 9.59 Å². The molecule has 0 unspecified atom stereocenters. The van der Waals surface area contributed by atoms with Crippen LogP contribution in [0.15, 0.2) is 71.3 Å². The van der Waals surface area contributed by atoms with Gasteiger partial charge in [-0.2, -0.15) is 0 Å². The van der Waals surface area contributed by atoms with Crippen molar-refractivity contribution in [2.45, 2.75) is 44.7 Å². The maximum atomic E-state index is 13.8. The molecule has 8 nitrogen and oxygen atoms in total. The highest BCUT2D eigenvalue weighted by Crippen LogP contribution is 2.32. The van der Waals surface area contributed by atoms with Gasteiger partial charge in [0.1, 0.15) is 6.04 Å². The van der Waals surface area contributed by atoms with Crippen LogP contribution in [0.4, 0.5) is 17.1 Å². The van der Waals surface area contributed by atoms with Crippen molar-refractivity contribution >= 4 is 34.8 Å². The van der Waals surface area contributed by atoms with Gasteiger partial charge in [0.2, 0.25) is 11.8 Å². The highest BCUT2D eigenvalue weighted by Gasteiger charge is 2.35. The largest absolute Gasteiger partial charge is 0.459 e. The minimum atomic E-state index is -0.925. The summed E-state index contributed by atoms with van der Waals surface area (Å²) < 4.78 is 5.44. The smallest absolute Gasteiger partial charge is 0.294 e. The van der Waals surface area contributed by atoms with E-state index in [1.807, 2.05) is 43.3 Å². The number of amides is 3. The van der Waals surface area contributed by atoms with Gasteiger partial charge in [-0.25, -0.2) is 0 Å². The number of hydrogen-bond acceptors (Lipinski definition) is 5. The number of carbonyl (C=O) groups is 3. The molecule has 3 aromatic rings. The van der Waals surface area contributed by atoms with Crippen LogP contribution in [0.3, 0.4) is 0 Å². The molecule has 1 aromatic heterocycles. The van der Waals surface area contributed by atoms with E-state index in [0.29, 0.717) is 16.9 Å². The number of rotatable bonds is 8. The van der Waals surface area contributed by atoms with Gasteiger partial charge in [-0.15, -0.1) is 0 Å². The maximum Gasteiger partial charge on any atom is 0.294 e. The molecule has 2 N–H and O–H groups in total. The van der Waals surface area contributed by atoms with Crippen LogP contribution in [0, 0.1) is 0 Å². The molecule has 3 amide bonds. The Labute approximate surface area is 211 Å². The molecule has 0 spiro atoms. The molecular formula is C28H32N4O4. The first-order valence-electron chi connectivity index (χ1n) is 12.2. The topological polar surface area (TPSA) is 94.9 Å². The number of benzene rings is 2. The number of furan rings is 1. The number of carbonyl (C=O) groups excluding carboxylic acids is 3. The minimum Gasteiger partial charge on any atom is -0.459 e. The molecule has 4 rings (SSSR count). The predicted octanol–water partition coefficient (Wildman–Crippen LogP) is 4.75. The number of hydrogen-bond donors (Lipinski definition) is 2. The first-order chi connectivity index (χ1) is 17.3. The molecule has 8 heteroatoms. The Morgan fingerprint density at radius 2 is 1.56 bits per heavy atom. The van der Waals surface area contributed by atoms with Crippen molar-refractivity contribution in [2.24, 2.45) is 0 Å². The van der Waals surface area contributed by atoms with Gasteiger partial charge >= 0.3 is 0 Å². The molecule has 0 bridgehead atoms. The molecule has 36 heavy (non-hydrogen) atoms. The van der Waals surface area contributed by atoms with E-state index >= 15 is 0 Å². The summed E-state index contributed by atoms with van der Waals surface area (Å²) in [5.74, 6) is -0.744. The second-order valence-corrected chi connectivity index (χ2v) is 9.26. The Kier molecular flexibility index (Phi) is 7.73. The van der Waals surface area contributed by atoms with E-state index in [-0.39, 0.29) is 23.6 Å². The molecule has 1 atom stereocenters. The first-order valence-corrected chi connectivity index (χ1v) is 12.2. The minimum absolute atomic E-state index is 0.0868. The quantitative estimate of drug-likeness (QED) is 0.477. The van der Waals surface area contributed by atoms with Crippen LogP contribution >= 0.6 is 0 Å². The summed E-state index contributed by atoms with van der Waals surface area (Å²) in [7, 11) is 3.89. The Bertz CT molecular complexity index is 1180. The summed E-state index contributed by atoms with van der Waals surface area (Å²) in [6.07, 6.45) is 5.44. The molecule has 1 aliphatic carbocycles. The van der Waals surface area contributed by atoms with E-state index in [4.69, 9.17) is 4.42 Å². The van der Waals surface area contributed by atoms with E-state index < -0.39 is 11.9 Å². The maximum absolute atomic E-state index is 13.8. The lowest BCUT2D eigenvalue weighted by molar-refractivity contribution is -0.123. The summed E-state index contributed by atoms with van der Waals surface area (Å²) in [6, 6.07) is 16.9. The molecule has 188 valence electrons. The summed E-state index contributed by atoms with van der Waals surface area (Å²) in [5.41, 5.74) is 2.77. The average molecular weight is 489 g/mol. The second kappa shape index (κ2) is 11.1. The summed E-state index contributed by atoms with van der Waals surface area (Å²) in [4.78, 5) is 42.5. The van der Waals surface area contributed by atoms with Gasteiger partial charge in [0, 0.05) is 44.1 Å². The van der Waals surface area contributed by atoms with Gasteiger partial charge in [-0.3, -0.25) is 19.3 Å². The Morgan fingerprint density at radius 3 is 2.11 bits per heavy atom. The van der Waals surface area contributed by atoms with Crippen molar-refractivity contribution in [3.05, 3.63) is 78.3 Å². The van der Waals surface area contributed by atoms with E-state index in [9.17, 15) is 14.4 Å². The average Bonchev–Trinajstić information content (AvgIpc) is 3.57. The highest BCUT2D eigenvalue weighted by molar-refractivity contribution is 6.08. The van der Waals surface area contributed by atoms with Crippen molar-refractivity contribution in [1.82, 2.24) is 5.32 Å². The number of nitrogens with one attached hydrogen (secondary N) is 2. The molecule has 2 aromatic carbocycles. The zero-order chi connectivity index (χ0) is 25.7. The standard InChI is InChI=1S/C28H32N4O4/c1-19(33)29-22-12-16-24(17-13-22)32(28(35)25-9-6-18-36-25)26(27(34)30-21-7-4-5-8-21)20-10-14-23(15-11-20)31(2)3/h6,9-18,21,26H,4-5,7-8H2,1-3H3,(H,29,33)(H,30,34)/t26-/m1/s1. The van der Waals surface area contributed by atoms with Crippen LogP contribution in [0.25, 0.3) is 0 Å². The fraction of sp³-hybridized carbons (Fsp3) is 0.321. The van der Waals surface area contributed by atoms with Crippen LogP contribution < -0.4 is 20.4 Å². The molecular weight excluding hydrogens is 456 g/mol. The highest BCUT2D eigenvalue weighted by atomic mass is 16.3. The van der Waals surface area contributed by atoms with Crippen LogP contribution in [0.2, 0.25) is 0 Å². The normalized spacial score (nSPS) is 14.2. The monoisotopic (exact) mass is 488 g/mol. The third-order valence-electron chi connectivity index (χ3n) is 6.35. The molecule has 1 fully saturated rings. The van der Waals surface area contributed by atoms with Crippen molar-refractivity contribution in [2.75, 3.05) is 29.2 Å². The third kappa shape index (κ3) is 5.76. The first kappa shape index (κ1) is 25.0.